The Bertz CT molecular complexity index is 626. The fraction of sp³-hybridized carbons (Fsp3) is 0.294. The second kappa shape index (κ2) is 6.22. The molecule has 0 saturated heterocycles. The molecule has 0 amide bonds. The molecular weight excluding hydrogens is 272 g/mol. The number of hydrogen-bond donors (Lipinski definition) is 1. The van der Waals surface area contributed by atoms with Gasteiger partial charge >= 0.3 is 0 Å². The Morgan fingerprint density at radius 3 is 2.57 bits per heavy atom. The highest BCUT2D eigenvalue weighted by atomic mass is 19.2. The van der Waals surface area contributed by atoms with Crippen molar-refractivity contribution in [3.05, 3.63) is 65.2 Å². The van der Waals surface area contributed by atoms with Crippen molar-refractivity contribution in [1.82, 2.24) is 5.32 Å². The van der Waals surface area contributed by atoms with Crippen molar-refractivity contribution in [3.63, 3.8) is 0 Å². The maximum Gasteiger partial charge on any atom is 0.165 e. The number of hydrogen-bond acceptors (Lipinski definition) is 2. The standard InChI is InChI=1S/C17H17F2NO/c18-15-6-3-5-13(17(15)19)11-21-16-7-2-1-4-12(16)10-20-14-8-9-14/h1-7,14,20H,8-11H2. The fourth-order valence-electron chi connectivity index (χ4n) is 2.15. The highest BCUT2D eigenvalue weighted by molar-refractivity contribution is 5.33. The number of nitrogens with one attached hydrogen (secondary N) is 1. The van der Waals surface area contributed by atoms with Crippen molar-refractivity contribution in [2.45, 2.75) is 32.0 Å². The molecular formula is C17H17F2NO. The van der Waals surface area contributed by atoms with Crippen LogP contribution in [0.15, 0.2) is 42.5 Å². The minimum Gasteiger partial charge on any atom is -0.488 e. The fourth-order valence-corrected chi connectivity index (χ4v) is 2.15. The largest absolute Gasteiger partial charge is 0.488 e. The van der Waals surface area contributed by atoms with Gasteiger partial charge in [-0.3, -0.25) is 0 Å². The summed E-state index contributed by atoms with van der Waals surface area (Å²) in [6.45, 7) is 0.747. The Balaban J connectivity index is 1.67. The molecule has 2 aromatic rings. The highest BCUT2D eigenvalue weighted by Crippen LogP contribution is 2.23. The minimum absolute atomic E-state index is 0.0179. The molecule has 2 nitrogen and oxygen atoms in total. The maximum atomic E-state index is 13.6. The average Bonchev–Trinajstić information content (AvgIpc) is 3.32. The average molecular weight is 289 g/mol. The van der Waals surface area contributed by atoms with Gasteiger partial charge in [-0.25, -0.2) is 8.78 Å². The molecule has 2 aromatic carbocycles. The van der Waals surface area contributed by atoms with Crippen LogP contribution in [0.5, 0.6) is 5.75 Å². The van der Waals surface area contributed by atoms with Crippen molar-refractivity contribution in [2.75, 3.05) is 0 Å². The highest BCUT2D eigenvalue weighted by Gasteiger charge is 2.20. The molecule has 0 spiro atoms. The van der Waals surface area contributed by atoms with Crippen molar-refractivity contribution >= 4 is 0 Å². The Morgan fingerprint density at radius 1 is 1.00 bits per heavy atom. The molecule has 110 valence electrons. The first-order chi connectivity index (χ1) is 10.2. The zero-order valence-electron chi connectivity index (χ0n) is 11.6. The number of ether oxygens (including phenoxy) is 1. The van der Waals surface area contributed by atoms with Gasteiger partial charge in [0.15, 0.2) is 11.6 Å². The first-order valence-electron chi connectivity index (χ1n) is 7.11. The van der Waals surface area contributed by atoms with Gasteiger partial charge in [0, 0.05) is 23.7 Å². The van der Waals surface area contributed by atoms with E-state index in [4.69, 9.17) is 4.74 Å². The van der Waals surface area contributed by atoms with Crippen molar-refractivity contribution in [1.29, 1.82) is 0 Å². The van der Waals surface area contributed by atoms with Gasteiger partial charge < -0.3 is 10.1 Å². The summed E-state index contributed by atoms with van der Waals surface area (Å²) in [6.07, 6.45) is 2.44. The lowest BCUT2D eigenvalue weighted by Crippen LogP contribution is -2.16. The van der Waals surface area contributed by atoms with Gasteiger partial charge in [-0.2, -0.15) is 0 Å². The normalized spacial score (nSPS) is 14.2. The summed E-state index contributed by atoms with van der Waals surface area (Å²) in [5.74, 6) is -0.986. The smallest absolute Gasteiger partial charge is 0.165 e. The van der Waals surface area contributed by atoms with E-state index in [1.165, 1.54) is 25.0 Å². The van der Waals surface area contributed by atoms with E-state index in [1.54, 1.807) is 0 Å². The van der Waals surface area contributed by atoms with E-state index in [-0.39, 0.29) is 12.2 Å². The Labute approximate surface area is 122 Å². The molecule has 0 aromatic heterocycles. The minimum atomic E-state index is -0.847. The molecule has 1 N–H and O–H groups in total. The molecule has 3 rings (SSSR count). The van der Waals surface area contributed by atoms with Gasteiger partial charge in [0.25, 0.3) is 0 Å². The summed E-state index contributed by atoms with van der Waals surface area (Å²) in [5, 5.41) is 3.42. The van der Waals surface area contributed by atoms with E-state index in [1.807, 2.05) is 24.3 Å². The summed E-state index contributed by atoms with van der Waals surface area (Å²) in [4.78, 5) is 0. The molecule has 0 atom stereocenters. The Kier molecular flexibility index (Phi) is 4.15. The quantitative estimate of drug-likeness (QED) is 0.873. The molecule has 1 aliphatic carbocycles. The summed E-state index contributed by atoms with van der Waals surface area (Å²) < 4.78 is 32.4. The monoisotopic (exact) mass is 289 g/mol. The topological polar surface area (TPSA) is 21.3 Å². The first kappa shape index (κ1) is 14.0. The zero-order valence-corrected chi connectivity index (χ0v) is 11.6. The molecule has 0 bridgehead atoms. The van der Waals surface area contributed by atoms with Crippen molar-refractivity contribution in [2.24, 2.45) is 0 Å². The number of para-hydroxylation sites is 1. The van der Waals surface area contributed by atoms with Gasteiger partial charge in [-0.1, -0.05) is 30.3 Å². The SMILES string of the molecule is Fc1cccc(COc2ccccc2CNC2CC2)c1F. The predicted octanol–water partition coefficient (Wildman–Crippen LogP) is 3.80. The first-order valence-corrected chi connectivity index (χ1v) is 7.11. The van der Waals surface area contributed by atoms with E-state index >= 15 is 0 Å². The van der Waals surface area contributed by atoms with Crippen LogP contribution >= 0.6 is 0 Å². The van der Waals surface area contributed by atoms with Gasteiger partial charge in [0.2, 0.25) is 0 Å². The van der Waals surface area contributed by atoms with Crippen LogP contribution in [0.3, 0.4) is 0 Å². The molecule has 21 heavy (non-hydrogen) atoms. The summed E-state index contributed by atoms with van der Waals surface area (Å²) in [7, 11) is 0. The van der Waals surface area contributed by atoms with Gasteiger partial charge in [-0.05, 0) is 25.0 Å². The molecule has 0 radical (unpaired) electrons. The molecule has 0 unspecified atom stereocenters. The summed E-state index contributed by atoms with van der Waals surface area (Å²) in [5.41, 5.74) is 1.25. The second-order valence-electron chi connectivity index (χ2n) is 5.26. The van der Waals surface area contributed by atoms with Crippen molar-refractivity contribution in [3.8, 4) is 5.75 Å². The van der Waals surface area contributed by atoms with E-state index in [0.717, 1.165) is 18.2 Å². The lowest BCUT2D eigenvalue weighted by atomic mass is 10.2. The Hall–Kier alpha value is -1.94. The summed E-state index contributed by atoms with van der Waals surface area (Å²) >= 11 is 0. The molecule has 4 heteroatoms. The van der Waals surface area contributed by atoms with Gasteiger partial charge in [-0.15, -0.1) is 0 Å². The molecule has 1 saturated carbocycles. The van der Waals surface area contributed by atoms with E-state index in [0.29, 0.717) is 11.8 Å². The third kappa shape index (κ3) is 3.58. The van der Waals surface area contributed by atoms with Crippen LogP contribution in [0.4, 0.5) is 8.78 Å². The van der Waals surface area contributed by atoms with Crippen LogP contribution in [-0.4, -0.2) is 6.04 Å². The second-order valence-corrected chi connectivity index (χ2v) is 5.26. The van der Waals surface area contributed by atoms with Gasteiger partial charge in [0.05, 0.1) is 0 Å². The van der Waals surface area contributed by atoms with E-state index < -0.39 is 11.6 Å². The van der Waals surface area contributed by atoms with E-state index in [2.05, 4.69) is 5.32 Å². The lowest BCUT2D eigenvalue weighted by molar-refractivity contribution is 0.293. The Morgan fingerprint density at radius 2 is 1.76 bits per heavy atom. The molecule has 1 aliphatic rings. The molecule has 0 heterocycles. The maximum absolute atomic E-state index is 13.6. The third-order valence-electron chi connectivity index (χ3n) is 3.55. The number of halogens is 2. The van der Waals surface area contributed by atoms with Crippen LogP contribution in [0.1, 0.15) is 24.0 Å². The molecule has 1 fully saturated rings. The van der Waals surface area contributed by atoms with Gasteiger partial charge in [0.1, 0.15) is 12.4 Å². The van der Waals surface area contributed by atoms with Crippen LogP contribution in [-0.2, 0) is 13.2 Å². The lowest BCUT2D eigenvalue weighted by Gasteiger charge is -2.12. The molecule has 0 aliphatic heterocycles. The van der Waals surface area contributed by atoms with Crippen molar-refractivity contribution < 1.29 is 13.5 Å². The number of rotatable bonds is 6. The zero-order chi connectivity index (χ0) is 14.7. The van der Waals surface area contributed by atoms with Crippen LogP contribution in [0, 0.1) is 11.6 Å². The van der Waals surface area contributed by atoms with Crippen LogP contribution in [0.2, 0.25) is 0 Å². The number of benzene rings is 2. The third-order valence-corrected chi connectivity index (χ3v) is 3.55. The summed E-state index contributed by atoms with van der Waals surface area (Å²) in [6, 6.07) is 12.4. The van der Waals surface area contributed by atoms with Crippen LogP contribution < -0.4 is 10.1 Å². The predicted molar refractivity (Wildman–Crippen MR) is 77.0 cm³/mol. The van der Waals surface area contributed by atoms with Crippen LogP contribution in [0.25, 0.3) is 0 Å². The van der Waals surface area contributed by atoms with E-state index in [9.17, 15) is 8.78 Å².